The molecule has 0 aliphatic carbocycles. The Morgan fingerprint density at radius 3 is 2.47 bits per heavy atom. The molecule has 2 aromatic rings. The van der Waals surface area contributed by atoms with E-state index in [4.69, 9.17) is 11.6 Å². The van der Waals surface area contributed by atoms with Gasteiger partial charge in [0, 0.05) is 50.2 Å². The molecule has 0 saturated carbocycles. The van der Waals surface area contributed by atoms with E-state index in [1.165, 1.54) is 12.3 Å². The molecule has 2 fully saturated rings. The maximum atomic E-state index is 14.2. The van der Waals surface area contributed by atoms with Crippen LogP contribution in [0, 0.1) is 18.7 Å². The minimum Gasteiger partial charge on any atom is -0.354 e. The summed E-state index contributed by atoms with van der Waals surface area (Å²) in [5.41, 5.74) is 1.47. The van der Waals surface area contributed by atoms with Gasteiger partial charge in [-0.05, 0) is 49.8 Å². The van der Waals surface area contributed by atoms with E-state index >= 15 is 0 Å². The number of sulfone groups is 1. The molecule has 0 bridgehead atoms. The summed E-state index contributed by atoms with van der Waals surface area (Å²) in [7, 11) is -3.37. The lowest BCUT2D eigenvalue weighted by molar-refractivity contribution is -0.133. The van der Waals surface area contributed by atoms with Gasteiger partial charge in [-0.1, -0.05) is 17.7 Å². The number of likely N-dealkylation sites (tertiary alicyclic amines) is 1. The van der Waals surface area contributed by atoms with E-state index < -0.39 is 15.7 Å². The van der Waals surface area contributed by atoms with Crippen LogP contribution in [0.1, 0.15) is 30.4 Å². The van der Waals surface area contributed by atoms with Crippen molar-refractivity contribution in [2.24, 2.45) is 5.92 Å². The highest BCUT2D eigenvalue weighted by atomic mass is 35.5. The zero-order valence-electron chi connectivity index (χ0n) is 18.1. The minimum absolute atomic E-state index is 0.0824. The van der Waals surface area contributed by atoms with Crippen LogP contribution >= 0.6 is 11.6 Å². The quantitative estimate of drug-likeness (QED) is 0.654. The van der Waals surface area contributed by atoms with Crippen molar-refractivity contribution >= 4 is 33.2 Å². The molecule has 4 heterocycles. The van der Waals surface area contributed by atoms with E-state index in [1.807, 2.05) is 15.9 Å². The normalized spacial score (nSPS) is 20.2. The molecule has 2 saturated heterocycles. The summed E-state index contributed by atoms with van der Waals surface area (Å²) in [6, 6.07) is 3.21. The van der Waals surface area contributed by atoms with Gasteiger partial charge in [0.1, 0.15) is 0 Å². The smallest absolute Gasteiger partial charge is 0.226 e. The number of nitrogens with zero attached hydrogens (tertiary/aromatic N) is 4. The lowest BCUT2D eigenvalue weighted by Crippen LogP contribution is -2.46. The van der Waals surface area contributed by atoms with Crippen molar-refractivity contribution < 1.29 is 17.6 Å². The molecule has 2 aliphatic rings. The molecule has 4 rings (SSSR count). The van der Waals surface area contributed by atoms with Crippen LogP contribution in [0.4, 0.5) is 10.2 Å². The van der Waals surface area contributed by atoms with E-state index in [-0.39, 0.29) is 27.9 Å². The Morgan fingerprint density at radius 1 is 1.12 bits per heavy atom. The predicted octanol–water partition coefficient (Wildman–Crippen LogP) is 3.04. The van der Waals surface area contributed by atoms with Crippen molar-refractivity contribution in [2.45, 2.75) is 43.7 Å². The van der Waals surface area contributed by atoms with Crippen LogP contribution in [-0.4, -0.2) is 61.1 Å². The molecule has 0 N–H and O–H groups in total. The second-order valence-corrected chi connectivity index (χ2v) is 11.0. The number of hydrogen-bond donors (Lipinski definition) is 0. The molecule has 172 valence electrons. The Bertz CT molecular complexity index is 1140. The molecule has 0 radical (unpaired) electrons. The van der Waals surface area contributed by atoms with Crippen molar-refractivity contribution in [1.29, 1.82) is 0 Å². The summed E-state index contributed by atoms with van der Waals surface area (Å²) in [6.07, 6.45) is 6.97. The maximum Gasteiger partial charge on any atom is 0.226 e. The Labute approximate surface area is 192 Å². The Hall–Kier alpha value is -2.26. The number of hydrogen-bond acceptors (Lipinski definition) is 6. The van der Waals surface area contributed by atoms with Gasteiger partial charge in [0.15, 0.2) is 26.5 Å². The van der Waals surface area contributed by atoms with Gasteiger partial charge in [0.05, 0.1) is 5.02 Å². The van der Waals surface area contributed by atoms with Crippen molar-refractivity contribution in [2.75, 3.05) is 30.8 Å². The van der Waals surface area contributed by atoms with E-state index in [0.717, 1.165) is 31.1 Å². The molecule has 2 aromatic heterocycles. The molecule has 2 aliphatic heterocycles. The number of halogens is 2. The maximum absolute atomic E-state index is 14.2. The topological polar surface area (TPSA) is 83.5 Å². The number of aryl methyl sites for hydroxylation is 1. The third-order valence-corrected chi connectivity index (χ3v) is 7.60. The summed E-state index contributed by atoms with van der Waals surface area (Å²) in [5, 5.41) is 0.352. The number of rotatable bonds is 5. The zero-order valence-corrected chi connectivity index (χ0v) is 19.7. The van der Waals surface area contributed by atoms with Crippen LogP contribution < -0.4 is 4.90 Å². The average molecular weight is 481 g/mol. The first kappa shape index (κ1) is 22.9. The Balaban J connectivity index is 1.36. The summed E-state index contributed by atoms with van der Waals surface area (Å²) in [5.74, 6) is -0.129. The van der Waals surface area contributed by atoms with E-state index in [1.54, 1.807) is 13.1 Å². The largest absolute Gasteiger partial charge is 0.354 e. The lowest BCUT2D eigenvalue weighted by Gasteiger charge is -2.37. The number of anilines is 1. The van der Waals surface area contributed by atoms with Crippen LogP contribution in [0.25, 0.3) is 0 Å². The lowest BCUT2D eigenvalue weighted by atomic mass is 9.98. The fraction of sp³-hybridized carbons (Fsp3) is 0.500. The zero-order chi connectivity index (χ0) is 23.0. The number of piperidine rings is 1. The number of carbonyl (C=O) groups is 1. The van der Waals surface area contributed by atoms with Crippen molar-refractivity contribution in [3.8, 4) is 0 Å². The third kappa shape index (κ3) is 4.73. The molecule has 1 atom stereocenters. The third-order valence-electron chi connectivity index (χ3n) is 6.26. The first-order chi connectivity index (χ1) is 15.1. The Morgan fingerprint density at radius 2 is 1.84 bits per heavy atom. The molecule has 32 heavy (non-hydrogen) atoms. The standard InChI is InChI=1S/C22H26ClFN4O3S/c1-14-9-15(12-26-21(14)32(2,30)31)10-16-3-8-28(22(16)29)18-4-6-27(7-5-18)20-19(24)11-17(23)13-25-20/h9,11-13,16,18H,3-8,10H2,1-2H3/t16-/m1/s1. The molecule has 0 aromatic carbocycles. The van der Waals surface area contributed by atoms with Crippen molar-refractivity contribution in [3.05, 3.63) is 46.5 Å². The van der Waals surface area contributed by atoms with Crippen LogP contribution in [0.5, 0.6) is 0 Å². The van der Waals surface area contributed by atoms with E-state index in [2.05, 4.69) is 9.97 Å². The highest BCUT2D eigenvalue weighted by Gasteiger charge is 2.37. The predicted molar refractivity (Wildman–Crippen MR) is 120 cm³/mol. The molecule has 1 amide bonds. The van der Waals surface area contributed by atoms with Crippen LogP contribution in [0.3, 0.4) is 0 Å². The molecule has 0 unspecified atom stereocenters. The fourth-order valence-electron chi connectivity index (χ4n) is 4.75. The summed E-state index contributed by atoms with van der Waals surface area (Å²) >= 11 is 5.79. The van der Waals surface area contributed by atoms with Crippen molar-refractivity contribution in [3.63, 3.8) is 0 Å². The summed E-state index contributed by atoms with van der Waals surface area (Å²) in [6.45, 7) is 3.68. The molecule has 0 spiro atoms. The number of carbonyl (C=O) groups excluding carboxylic acids is 1. The van der Waals surface area contributed by atoms with Crippen LogP contribution in [-0.2, 0) is 21.1 Å². The van der Waals surface area contributed by atoms with Gasteiger partial charge in [-0.3, -0.25) is 4.79 Å². The van der Waals surface area contributed by atoms with E-state index in [9.17, 15) is 17.6 Å². The van der Waals surface area contributed by atoms with Crippen LogP contribution in [0.15, 0.2) is 29.6 Å². The monoisotopic (exact) mass is 480 g/mol. The number of aromatic nitrogens is 2. The summed E-state index contributed by atoms with van der Waals surface area (Å²) < 4.78 is 37.7. The van der Waals surface area contributed by atoms with Crippen LogP contribution in [0.2, 0.25) is 5.02 Å². The van der Waals surface area contributed by atoms with Gasteiger partial charge in [-0.25, -0.2) is 22.8 Å². The van der Waals surface area contributed by atoms with Gasteiger partial charge < -0.3 is 9.80 Å². The molecular formula is C22H26ClFN4O3S. The number of pyridine rings is 2. The second kappa shape index (κ2) is 8.94. The highest BCUT2D eigenvalue weighted by Crippen LogP contribution is 2.30. The first-order valence-corrected chi connectivity index (χ1v) is 12.9. The first-order valence-electron chi connectivity index (χ1n) is 10.7. The van der Waals surface area contributed by atoms with Gasteiger partial charge in [0.25, 0.3) is 0 Å². The summed E-state index contributed by atoms with van der Waals surface area (Å²) in [4.78, 5) is 25.2. The molecule has 10 heteroatoms. The van der Waals surface area contributed by atoms with Gasteiger partial charge in [-0.15, -0.1) is 0 Å². The van der Waals surface area contributed by atoms with E-state index in [0.29, 0.717) is 37.4 Å². The van der Waals surface area contributed by atoms with Gasteiger partial charge in [0.2, 0.25) is 5.91 Å². The fourth-order valence-corrected chi connectivity index (χ4v) is 5.78. The van der Waals surface area contributed by atoms with Gasteiger partial charge in [-0.2, -0.15) is 0 Å². The second-order valence-electron chi connectivity index (χ2n) is 8.64. The average Bonchev–Trinajstić information content (AvgIpc) is 3.07. The van der Waals surface area contributed by atoms with Gasteiger partial charge >= 0.3 is 0 Å². The molecular weight excluding hydrogens is 455 g/mol. The molecule has 7 nitrogen and oxygen atoms in total. The van der Waals surface area contributed by atoms with Crippen molar-refractivity contribution in [1.82, 2.24) is 14.9 Å². The number of amides is 1. The highest BCUT2D eigenvalue weighted by molar-refractivity contribution is 7.90. The minimum atomic E-state index is -3.37. The SMILES string of the molecule is Cc1cc(C[C@H]2CCN(C3CCN(c4ncc(Cl)cc4F)CC3)C2=O)cnc1S(C)(=O)=O. The Kier molecular flexibility index (Phi) is 6.40.